The molecule has 8 nitrogen and oxygen atoms in total. The van der Waals surface area contributed by atoms with Crippen LogP contribution in [0.25, 0.3) is 6.08 Å². The number of anilines is 1. The van der Waals surface area contributed by atoms with Gasteiger partial charge in [0.15, 0.2) is 0 Å². The Morgan fingerprint density at radius 1 is 1.24 bits per heavy atom. The Balaban J connectivity index is 2.14. The van der Waals surface area contributed by atoms with Crippen LogP contribution in [0.1, 0.15) is 43.9 Å². The van der Waals surface area contributed by atoms with Crippen LogP contribution in [0.2, 0.25) is 0 Å². The van der Waals surface area contributed by atoms with Gasteiger partial charge in [-0.2, -0.15) is 5.26 Å². The Hall–Kier alpha value is -2.19. The van der Waals surface area contributed by atoms with Crippen LogP contribution in [-0.4, -0.2) is 75.1 Å². The largest absolute Gasteiger partial charge is 0.395 e. The number of nitriles is 1. The van der Waals surface area contributed by atoms with Gasteiger partial charge in [0.1, 0.15) is 21.8 Å². The van der Waals surface area contributed by atoms with Crippen LogP contribution in [0.15, 0.2) is 9.70 Å². The maximum atomic E-state index is 13.2. The number of amides is 1. The number of piperazine rings is 1. The Morgan fingerprint density at radius 3 is 2.45 bits per heavy atom. The summed E-state index contributed by atoms with van der Waals surface area (Å²) in [7, 11) is 0. The highest BCUT2D eigenvalue weighted by Gasteiger charge is 2.35. The number of β-amino-alcohol motifs (C(OH)–C–C–N with tert-alkyl or cyclic N) is 1. The van der Waals surface area contributed by atoms with Gasteiger partial charge in [-0.05, 0) is 38.8 Å². The lowest BCUT2D eigenvalue weighted by Gasteiger charge is -2.38. The number of aliphatic hydroxyl groups is 1. The van der Waals surface area contributed by atoms with Gasteiger partial charge < -0.3 is 10.0 Å². The molecule has 1 aromatic heterocycles. The van der Waals surface area contributed by atoms with Crippen LogP contribution in [0.3, 0.4) is 0 Å². The van der Waals surface area contributed by atoms with E-state index in [1.807, 2.05) is 20.8 Å². The number of aliphatic hydroxyl groups excluding tert-OH is 1. The lowest BCUT2D eigenvalue weighted by molar-refractivity contribution is -0.123. The second-order valence-corrected chi connectivity index (χ2v) is 9.94. The predicted octanol–water partition coefficient (Wildman–Crippen LogP) is 2.16. The van der Waals surface area contributed by atoms with Gasteiger partial charge in [0.2, 0.25) is 0 Å². The number of carbonyl (C=O) groups excluding carboxylic acids is 1. The van der Waals surface area contributed by atoms with Crippen molar-refractivity contribution in [2.75, 3.05) is 44.2 Å². The maximum absolute atomic E-state index is 13.2. The maximum Gasteiger partial charge on any atom is 0.270 e. The molecule has 0 aliphatic carbocycles. The first-order valence-corrected chi connectivity index (χ1v) is 12.5. The fourth-order valence-corrected chi connectivity index (χ4v) is 5.72. The Bertz CT molecular complexity index is 1070. The first kappa shape index (κ1) is 25.4. The lowest BCUT2D eigenvalue weighted by Crippen LogP contribution is -2.49. The molecule has 2 fully saturated rings. The van der Waals surface area contributed by atoms with Crippen molar-refractivity contribution >= 4 is 46.1 Å². The third-order valence-electron chi connectivity index (χ3n) is 6.38. The van der Waals surface area contributed by atoms with Crippen LogP contribution in [-0.2, 0) is 11.3 Å². The van der Waals surface area contributed by atoms with Gasteiger partial charge >= 0.3 is 0 Å². The van der Waals surface area contributed by atoms with Crippen molar-refractivity contribution in [3.63, 3.8) is 0 Å². The molecule has 1 atom stereocenters. The normalized spacial score (nSPS) is 19.5. The molecule has 178 valence electrons. The van der Waals surface area contributed by atoms with E-state index in [2.05, 4.69) is 15.9 Å². The van der Waals surface area contributed by atoms with Crippen LogP contribution in [0.5, 0.6) is 0 Å². The molecular weight excluding hydrogens is 458 g/mol. The van der Waals surface area contributed by atoms with Crippen molar-refractivity contribution in [3.05, 3.63) is 31.9 Å². The summed E-state index contributed by atoms with van der Waals surface area (Å²) < 4.78 is 2.16. The number of hydrogen-bond donors (Lipinski definition) is 1. The standard InChI is InChI=1S/C23H31N5O3S2/c1-5-15(3)28-22(31)19(33-23(28)32)13-17-16(4)18(14-24)21(30)27(6-2)20(17)26-9-7-25(8-10-26)11-12-29/h13,15,29H,5-12H2,1-4H3. The number of rotatable bonds is 7. The van der Waals surface area contributed by atoms with E-state index in [1.54, 1.807) is 22.5 Å². The zero-order chi connectivity index (χ0) is 24.3. The van der Waals surface area contributed by atoms with Gasteiger partial charge in [-0.25, -0.2) is 0 Å². The molecular formula is C23H31N5O3S2. The van der Waals surface area contributed by atoms with E-state index in [1.165, 1.54) is 11.8 Å². The van der Waals surface area contributed by atoms with Crippen molar-refractivity contribution in [2.45, 2.75) is 46.7 Å². The van der Waals surface area contributed by atoms with Gasteiger partial charge in [0.25, 0.3) is 11.5 Å². The second kappa shape index (κ2) is 10.8. The molecule has 1 aromatic rings. The van der Waals surface area contributed by atoms with Crippen LogP contribution < -0.4 is 10.5 Å². The summed E-state index contributed by atoms with van der Waals surface area (Å²) in [5, 5.41) is 19.0. The quantitative estimate of drug-likeness (QED) is 0.460. The van der Waals surface area contributed by atoms with Gasteiger partial charge in [0, 0.05) is 50.9 Å². The number of pyridine rings is 1. The number of thioether (sulfide) groups is 1. The van der Waals surface area contributed by atoms with E-state index in [4.69, 9.17) is 12.2 Å². The molecule has 2 saturated heterocycles. The molecule has 0 radical (unpaired) electrons. The topological polar surface area (TPSA) is 92.8 Å². The molecule has 2 aliphatic heterocycles. The molecule has 1 unspecified atom stereocenters. The minimum Gasteiger partial charge on any atom is -0.395 e. The molecule has 10 heteroatoms. The number of aromatic nitrogens is 1. The van der Waals surface area contributed by atoms with E-state index in [0.717, 1.165) is 25.3 Å². The Kier molecular flexibility index (Phi) is 8.34. The van der Waals surface area contributed by atoms with Crippen molar-refractivity contribution < 1.29 is 9.90 Å². The molecule has 1 amide bonds. The third-order valence-corrected chi connectivity index (χ3v) is 7.71. The molecule has 0 spiro atoms. The highest BCUT2D eigenvalue weighted by molar-refractivity contribution is 8.26. The summed E-state index contributed by atoms with van der Waals surface area (Å²) in [5.41, 5.74) is 1.08. The smallest absolute Gasteiger partial charge is 0.270 e. The highest BCUT2D eigenvalue weighted by atomic mass is 32.2. The van der Waals surface area contributed by atoms with E-state index >= 15 is 0 Å². The molecule has 1 N–H and O–H groups in total. The molecule has 3 rings (SSSR count). The number of thiocarbonyl (C=S) groups is 1. The fraction of sp³-hybridized carbons (Fsp3) is 0.565. The summed E-state index contributed by atoms with van der Waals surface area (Å²) in [6.45, 7) is 11.7. The molecule has 0 aromatic carbocycles. The molecule has 2 aliphatic rings. The van der Waals surface area contributed by atoms with Crippen LogP contribution in [0, 0.1) is 18.3 Å². The Morgan fingerprint density at radius 2 is 1.91 bits per heavy atom. The highest BCUT2D eigenvalue weighted by Crippen LogP contribution is 2.37. The predicted molar refractivity (Wildman–Crippen MR) is 136 cm³/mol. The summed E-state index contributed by atoms with van der Waals surface area (Å²) >= 11 is 6.75. The number of hydrogen-bond acceptors (Lipinski definition) is 8. The monoisotopic (exact) mass is 489 g/mol. The second-order valence-electron chi connectivity index (χ2n) is 8.26. The first-order chi connectivity index (χ1) is 15.8. The van der Waals surface area contributed by atoms with Gasteiger partial charge in [0.05, 0.1) is 11.5 Å². The lowest BCUT2D eigenvalue weighted by atomic mass is 10.0. The summed E-state index contributed by atoms with van der Waals surface area (Å²) in [5.74, 6) is 0.599. The van der Waals surface area contributed by atoms with E-state index in [0.29, 0.717) is 46.5 Å². The molecule has 3 heterocycles. The minimum atomic E-state index is -0.311. The summed E-state index contributed by atoms with van der Waals surface area (Å²) in [6.07, 6.45) is 2.60. The van der Waals surface area contributed by atoms with Gasteiger partial charge in [-0.15, -0.1) is 0 Å². The van der Waals surface area contributed by atoms with Crippen molar-refractivity contribution in [1.29, 1.82) is 5.26 Å². The van der Waals surface area contributed by atoms with Crippen LogP contribution >= 0.6 is 24.0 Å². The van der Waals surface area contributed by atoms with E-state index < -0.39 is 0 Å². The summed E-state index contributed by atoms with van der Waals surface area (Å²) in [4.78, 5) is 32.8. The minimum absolute atomic E-state index is 0.00262. The van der Waals surface area contributed by atoms with Gasteiger partial charge in [-0.1, -0.05) is 30.9 Å². The molecule has 33 heavy (non-hydrogen) atoms. The molecule has 0 bridgehead atoms. The van der Waals surface area contributed by atoms with Crippen LogP contribution in [0.4, 0.5) is 5.82 Å². The zero-order valence-electron chi connectivity index (χ0n) is 19.6. The van der Waals surface area contributed by atoms with E-state index in [9.17, 15) is 20.0 Å². The van der Waals surface area contributed by atoms with Crippen molar-refractivity contribution in [2.24, 2.45) is 0 Å². The SMILES string of the molecule is CCC(C)N1C(=O)C(=Cc2c(C)c(C#N)c(=O)n(CC)c2N2CCN(CCO)CC2)SC1=S. The van der Waals surface area contributed by atoms with Crippen molar-refractivity contribution in [1.82, 2.24) is 14.4 Å². The van der Waals surface area contributed by atoms with Crippen molar-refractivity contribution in [3.8, 4) is 6.07 Å². The number of carbonyl (C=O) groups is 1. The first-order valence-electron chi connectivity index (χ1n) is 11.3. The van der Waals surface area contributed by atoms with Gasteiger partial charge in [-0.3, -0.25) is 24.0 Å². The fourth-order valence-electron chi connectivity index (χ4n) is 4.28. The average Bonchev–Trinajstić information content (AvgIpc) is 3.08. The number of nitrogens with zero attached hydrogens (tertiary/aromatic N) is 5. The third kappa shape index (κ3) is 4.87. The molecule has 0 saturated carbocycles. The Labute approximate surface area is 204 Å². The zero-order valence-corrected chi connectivity index (χ0v) is 21.3. The average molecular weight is 490 g/mol. The van der Waals surface area contributed by atoms with E-state index in [-0.39, 0.29) is 29.7 Å². The summed E-state index contributed by atoms with van der Waals surface area (Å²) in [6, 6.07) is 2.07.